The first-order valence-electron chi connectivity index (χ1n) is 21.3. The van der Waals surface area contributed by atoms with Gasteiger partial charge in [-0.1, -0.05) is 121 Å². The van der Waals surface area contributed by atoms with E-state index in [1.807, 2.05) is 48.5 Å². The molecule has 0 saturated heterocycles. The average molecular weight is 659 g/mol. The van der Waals surface area contributed by atoms with Crippen molar-refractivity contribution < 1.29 is 12.3 Å². The Kier molecular flexibility index (Phi) is 4.38. The van der Waals surface area contributed by atoms with Gasteiger partial charge in [0.2, 0.25) is 0 Å². The van der Waals surface area contributed by atoms with Gasteiger partial charge in [0.1, 0.15) is 0 Å². The summed E-state index contributed by atoms with van der Waals surface area (Å²) in [6.45, 7) is 0. The second-order valence-corrected chi connectivity index (χ2v) is 12.7. The highest BCUT2D eigenvalue weighted by molar-refractivity contribution is 6.17. The van der Waals surface area contributed by atoms with Crippen molar-refractivity contribution in [1.29, 1.82) is 0 Å². The zero-order chi connectivity index (χ0) is 41.3. The van der Waals surface area contributed by atoms with Crippen molar-refractivity contribution in [2.75, 3.05) is 0 Å². The minimum atomic E-state index is -0.616. The molecule has 0 bridgehead atoms. The van der Waals surface area contributed by atoms with E-state index in [-0.39, 0.29) is 16.8 Å². The molecule has 3 heteroatoms. The van der Waals surface area contributed by atoms with Crippen molar-refractivity contribution in [2.24, 2.45) is 0 Å². The highest BCUT2D eigenvalue weighted by atomic mass is 15.0. The van der Waals surface area contributed by atoms with E-state index in [4.69, 9.17) is 9.60 Å². The van der Waals surface area contributed by atoms with Gasteiger partial charge in [-0.3, -0.25) is 0 Å². The molecule has 0 saturated carbocycles. The van der Waals surface area contributed by atoms with Crippen LogP contribution >= 0.6 is 0 Å². The summed E-state index contributed by atoms with van der Waals surface area (Å²) in [7, 11) is 0. The minimum absolute atomic E-state index is 0.0116. The molecule has 0 fully saturated rings. The van der Waals surface area contributed by atoms with E-state index >= 15 is 0 Å². The molecule has 11 aromatic rings. The number of para-hydroxylation sites is 4. The van der Waals surface area contributed by atoms with Gasteiger partial charge >= 0.3 is 0 Å². The van der Waals surface area contributed by atoms with Crippen molar-refractivity contribution in [1.82, 2.24) is 13.7 Å². The highest BCUT2D eigenvalue weighted by Crippen LogP contribution is 2.41. The monoisotopic (exact) mass is 658 g/mol. The van der Waals surface area contributed by atoms with Crippen LogP contribution < -0.4 is 0 Å². The second kappa shape index (κ2) is 10.8. The minimum Gasteiger partial charge on any atom is -0.309 e. The van der Waals surface area contributed by atoms with Gasteiger partial charge in [-0.25, -0.2) is 0 Å². The van der Waals surface area contributed by atoms with Crippen LogP contribution in [0.2, 0.25) is 0 Å². The smallest absolute Gasteiger partial charge is 0.0645 e. The molecule has 3 nitrogen and oxygen atoms in total. The largest absolute Gasteiger partial charge is 0.309 e. The first kappa shape index (κ1) is 20.6. The Balaban J connectivity index is 1.18. The molecule has 0 aliphatic carbocycles. The lowest BCUT2D eigenvalue weighted by molar-refractivity contribution is 1.16. The molecule has 0 amide bonds. The number of fused-ring (bicyclic) bond motifs is 9. The van der Waals surface area contributed by atoms with Gasteiger partial charge in [-0.2, -0.15) is 0 Å². The summed E-state index contributed by atoms with van der Waals surface area (Å²) >= 11 is 0. The molecular weight excluding hydrogens is 619 g/mol. The van der Waals surface area contributed by atoms with Crippen molar-refractivity contribution in [3.05, 3.63) is 188 Å². The van der Waals surface area contributed by atoms with Crippen molar-refractivity contribution in [2.45, 2.75) is 0 Å². The Morgan fingerprint density at radius 2 is 0.824 bits per heavy atom. The molecule has 3 heterocycles. The zero-order valence-corrected chi connectivity index (χ0v) is 27.0. The Morgan fingerprint density at radius 1 is 0.333 bits per heavy atom. The predicted molar refractivity (Wildman–Crippen MR) is 215 cm³/mol. The van der Waals surface area contributed by atoms with Gasteiger partial charge in [0.25, 0.3) is 0 Å². The van der Waals surface area contributed by atoms with E-state index in [1.165, 1.54) is 10.8 Å². The highest BCUT2D eigenvalue weighted by Gasteiger charge is 2.20. The number of benzene rings is 8. The molecule has 0 N–H and O–H groups in total. The van der Waals surface area contributed by atoms with Crippen LogP contribution in [0, 0.1) is 0 Å². The lowest BCUT2D eigenvalue weighted by atomic mass is 10.1. The fourth-order valence-corrected chi connectivity index (χ4v) is 7.91. The van der Waals surface area contributed by atoms with Gasteiger partial charge in [0.15, 0.2) is 0 Å². The topological polar surface area (TPSA) is 14.8 Å². The molecule has 3 aromatic heterocycles. The van der Waals surface area contributed by atoms with E-state index in [0.29, 0.717) is 11.0 Å². The van der Waals surface area contributed by atoms with Crippen LogP contribution in [0.1, 0.15) is 12.3 Å². The van der Waals surface area contributed by atoms with Crippen molar-refractivity contribution in [3.63, 3.8) is 0 Å². The van der Waals surface area contributed by atoms with Gasteiger partial charge in [-0.05, 0) is 77.8 Å². The molecular formula is C48H31N3. The zero-order valence-electron chi connectivity index (χ0n) is 36.0. The fourth-order valence-electron chi connectivity index (χ4n) is 7.91. The maximum atomic E-state index is 9.36. The number of hydrogen-bond donors (Lipinski definition) is 0. The van der Waals surface area contributed by atoms with Gasteiger partial charge in [0, 0.05) is 43.7 Å². The van der Waals surface area contributed by atoms with E-state index in [2.05, 4.69) is 94.1 Å². The molecule has 0 unspecified atom stereocenters. The van der Waals surface area contributed by atoms with Crippen LogP contribution in [0.4, 0.5) is 0 Å². The molecule has 8 aromatic carbocycles. The van der Waals surface area contributed by atoms with Gasteiger partial charge in [0.05, 0.1) is 51.1 Å². The van der Waals surface area contributed by atoms with Crippen molar-refractivity contribution in [3.8, 4) is 28.2 Å². The first-order valence-corrected chi connectivity index (χ1v) is 16.8. The molecule has 0 atom stereocenters. The summed E-state index contributed by atoms with van der Waals surface area (Å²) in [5, 5.41) is 6.18. The molecule has 0 spiro atoms. The van der Waals surface area contributed by atoms with Crippen LogP contribution in [0.15, 0.2) is 188 Å². The molecule has 0 radical (unpaired) electrons. The lowest BCUT2D eigenvalue weighted by Crippen LogP contribution is -1.97. The number of nitrogens with zero attached hydrogens (tertiary/aromatic N) is 3. The molecule has 51 heavy (non-hydrogen) atoms. The summed E-state index contributed by atoms with van der Waals surface area (Å²) in [5.74, 6) is 0. The van der Waals surface area contributed by atoms with Gasteiger partial charge in [-0.15, -0.1) is 0 Å². The number of hydrogen-bond acceptors (Lipinski definition) is 0. The quantitative estimate of drug-likeness (QED) is 0.179. The second-order valence-electron chi connectivity index (χ2n) is 12.7. The van der Waals surface area contributed by atoms with Crippen LogP contribution in [0.3, 0.4) is 0 Å². The molecule has 11 rings (SSSR count). The molecule has 0 aliphatic heterocycles. The maximum absolute atomic E-state index is 9.36. The summed E-state index contributed by atoms with van der Waals surface area (Å²) in [6.07, 6.45) is 0. The van der Waals surface area contributed by atoms with E-state index in [9.17, 15) is 2.74 Å². The van der Waals surface area contributed by atoms with Crippen LogP contribution in [0.5, 0.6) is 0 Å². The summed E-state index contributed by atoms with van der Waals surface area (Å²) < 4.78 is 85.0. The third kappa shape index (κ3) is 4.06. The van der Waals surface area contributed by atoms with Crippen LogP contribution in [-0.2, 0) is 0 Å². The average Bonchev–Trinajstić information content (AvgIpc) is 3.91. The maximum Gasteiger partial charge on any atom is 0.0645 e. The fraction of sp³-hybridized carbons (Fsp3) is 0. The van der Waals surface area contributed by atoms with Gasteiger partial charge < -0.3 is 13.7 Å². The normalized spacial score (nSPS) is 14.4. The van der Waals surface area contributed by atoms with E-state index < -0.39 is 54.4 Å². The Hall–Kier alpha value is -6.84. The Morgan fingerprint density at radius 3 is 1.49 bits per heavy atom. The van der Waals surface area contributed by atoms with E-state index in [0.717, 1.165) is 55.0 Å². The van der Waals surface area contributed by atoms with E-state index in [1.54, 1.807) is 4.57 Å². The van der Waals surface area contributed by atoms with Crippen LogP contribution in [0.25, 0.3) is 93.6 Å². The summed E-state index contributed by atoms with van der Waals surface area (Å²) in [4.78, 5) is 0. The summed E-state index contributed by atoms with van der Waals surface area (Å²) in [5.41, 5.74) is 6.69. The lowest BCUT2D eigenvalue weighted by Gasteiger charge is -2.12. The number of rotatable bonds is 4. The molecule has 238 valence electrons. The molecule has 0 aliphatic rings. The van der Waals surface area contributed by atoms with Crippen LogP contribution in [-0.4, -0.2) is 13.7 Å². The van der Waals surface area contributed by atoms with Crippen molar-refractivity contribution >= 4 is 65.4 Å². The third-order valence-electron chi connectivity index (χ3n) is 10.00. The SMILES string of the molecule is [2H]c1c([2H])c([2H])c(-c2c([2H])c([2H])c(-n3c4ccccc4c4c(-n5c6ccccc6c6cc(-n7c8ccccc8c8ccccc87)ccc65)cccc43)c([2H])c2[2H])c([2H])c1[2H]. The Bertz CT molecular complexity index is 3560. The standard InChI is InChI=1S/C48H31N3/c1-2-13-32(14-3-1)33-25-27-34(28-26-33)49-44-22-11-7-18-39(44)48-46(49)23-12-24-47(48)51-43-21-10-6-17-38(43)40-31-35(29-30-45(40)51)50-41-19-8-4-15-36(41)37-16-5-9-20-42(37)50/h1-31H/i1D,2D,3D,13D,14D,25D,26D,27D,28D. The first-order chi connectivity index (χ1) is 29.1. The Labute approximate surface area is 307 Å². The predicted octanol–water partition coefficient (Wildman–Crippen LogP) is 12.6. The summed E-state index contributed by atoms with van der Waals surface area (Å²) in [6, 6.07) is 40.5. The third-order valence-corrected chi connectivity index (χ3v) is 10.00. The number of aromatic nitrogens is 3.